The second kappa shape index (κ2) is 5.91. The van der Waals surface area contributed by atoms with E-state index < -0.39 is 12.0 Å². The van der Waals surface area contributed by atoms with Gasteiger partial charge in [-0.15, -0.1) is 0 Å². The Bertz CT molecular complexity index is 718. The molecular formula is C17H15ClN2O2. The van der Waals surface area contributed by atoms with E-state index in [1.165, 1.54) is 11.9 Å². The number of halogens is 1. The van der Waals surface area contributed by atoms with Crippen molar-refractivity contribution in [1.29, 1.82) is 0 Å². The third kappa shape index (κ3) is 2.63. The van der Waals surface area contributed by atoms with E-state index in [0.29, 0.717) is 10.7 Å². The van der Waals surface area contributed by atoms with Crippen LogP contribution in [-0.2, 0) is 9.59 Å². The average molecular weight is 315 g/mol. The Labute approximate surface area is 133 Å². The Morgan fingerprint density at radius 2 is 1.86 bits per heavy atom. The van der Waals surface area contributed by atoms with Gasteiger partial charge in [0.15, 0.2) is 0 Å². The number of carbonyl (C=O) groups excluding carboxylic acids is 2. The summed E-state index contributed by atoms with van der Waals surface area (Å²) in [6, 6.07) is 16.0. The molecule has 0 radical (unpaired) electrons. The number of amides is 1. The molecule has 1 aliphatic rings. The number of para-hydroxylation sites is 1. The van der Waals surface area contributed by atoms with Crippen molar-refractivity contribution in [2.75, 3.05) is 5.01 Å². The van der Waals surface area contributed by atoms with Crippen molar-refractivity contribution in [3.05, 3.63) is 65.2 Å². The van der Waals surface area contributed by atoms with Crippen LogP contribution in [0.15, 0.2) is 54.6 Å². The van der Waals surface area contributed by atoms with Crippen LogP contribution >= 0.6 is 11.6 Å². The molecule has 3 rings (SSSR count). The van der Waals surface area contributed by atoms with E-state index in [4.69, 9.17) is 11.6 Å². The molecule has 112 valence electrons. The summed E-state index contributed by atoms with van der Waals surface area (Å²) in [5.74, 6) is -1.16. The van der Waals surface area contributed by atoms with Crippen molar-refractivity contribution in [1.82, 2.24) is 5.43 Å². The predicted octanol–water partition coefficient (Wildman–Crippen LogP) is 3.14. The van der Waals surface area contributed by atoms with Crippen LogP contribution in [0.3, 0.4) is 0 Å². The molecule has 2 aromatic carbocycles. The van der Waals surface area contributed by atoms with Crippen molar-refractivity contribution in [3.63, 3.8) is 0 Å². The SMILES string of the molecule is CC(=O)[C@H]1C(=O)N(c2ccccc2)N[C@@H]1c1cccc(Cl)c1. The molecule has 0 bridgehead atoms. The maximum atomic E-state index is 12.6. The lowest BCUT2D eigenvalue weighted by molar-refractivity contribution is -0.129. The highest BCUT2D eigenvalue weighted by atomic mass is 35.5. The van der Waals surface area contributed by atoms with Gasteiger partial charge in [-0.3, -0.25) is 9.59 Å². The van der Waals surface area contributed by atoms with Crippen molar-refractivity contribution in [2.45, 2.75) is 13.0 Å². The van der Waals surface area contributed by atoms with E-state index in [1.807, 2.05) is 42.5 Å². The Morgan fingerprint density at radius 3 is 2.50 bits per heavy atom. The van der Waals surface area contributed by atoms with Crippen LogP contribution in [-0.4, -0.2) is 11.7 Å². The second-order valence-corrected chi connectivity index (χ2v) is 5.70. The first-order valence-electron chi connectivity index (χ1n) is 6.99. The number of nitrogens with one attached hydrogen (secondary N) is 1. The van der Waals surface area contributed by atoms with Gasteiger partial charge in [0.1, 0.15) is 11.7 Å². The number of hydrazine groups is 1. The van der Waals surface area contributed by atoms with Crippen LogP contribution < -0.4 is 10.4 Å². The number of carbonyl (C=O) groups is 2. The highest BCUT2D eigenvalue weighted by Gasteiger charge is 2.44. The zero-order chi connectivity index (χ0) is 15.7. The first kappa shape index (κ1) is 14.8. The Balaban J connectivity index is 2.00. The maximum Gasteiger partial charge on any atom is 0.253 e. The van der Waals surface area contributed by atoms with E-state index in [9.17, 15) is 9.59 Å². The molecule has 1 amide bonds. The number of rotatable bonds is 3. The fourth-order valence-corrected chi connectivity index (χ4v) is 2.91. The standard InChI is InChI=1S/C17H15ClN2O2/c1-11(21)15-16(12-6-5-7-13(18)10-12)19-20(17(15)22)14-8-3-2-4-9-14/h2-10,15-16,19H,1H3/t15-,16-/m1/s1. The van der Waals surface area contributed by atoms with Crippen LogP contribution in [0.2, 0.25) is 5.02 Å². The average Bonchev–Trinajstić information content (AvgIpc) is 2.86. The van der Waals surface area contributed by atoms with Gasteiger partial charge in [-0.2, -0.15) is 0 Å². The Morgan fingerprint density at radius 1 is 1.14 bits per heavy atom. The molecule has 0 unspecified atom stereocenters. The predicted molar refractivity (Wildman–Crippen MR) is 85.4 cm³/mol. The molecule has 1 fully saturated rings. The van der Waals surface area contributed by atoms with Crippen LogP contribution in [0.25, 0.3) is 0 Å². The number of anilines is 1. The lowest BCUT2D eigenvalue weighted by atomic mass is 9.91. The monoisotopic (exact) mass is 314 g/mol. The van der Waals surface area contributed by atoms with Gasteiger partial charge in [-0.1, -0.05) is 41.9 Å². The summed E-state index contributed by atoms with van der Waals surface area (Å²) in [5.41, 5.74) is 4.67. The number of nitrogens with zero attached hydrogens (tertiary/aromatic N) is 1. The number of benzene rings is 2. The van der Waals surface area contributed by atoms with Crippen LogP contribution in [0, 0.1) is 5.92 Å². The van der Waals surface area contributed by atoms with E-state index in [0.717, 1.165) is 5.56 Å². The van der Waals surface area contributed by atoms with Gasteiger partial charge in [0.05, 0.1) is 11.7 Å². The van der Waals surface area contributed by atoms with Crippen molar-refractivity contribution >= 4 is 29.0 Å². The number of hydrogen-bond acceptors (Lipinski definition) is 3. The zero-order valence-electron chi connectivity index (χ0n) is 12.0. The van der Waals surface area contributed by atoms with Gasteiger partial charge in [0.2, 0.25) is 0 Å². The van der Waals surface area contributed by atoms with E-state index in [-0.39, 0.29) is 11.7 Å². The highest BCUT2D eigenvalue weighted by Crippen LogP contribution is 2.33. The third-order valence-corrected chi connectivity index (χ3v) is 3.98. The molecule has 2 aromatic rings. The molecule has 0 aromatic heterocycles. The van der Waals surface area contributed by atoms with Crippen molar-refractivity contribution < 1.29 is 9.59 Å². The smallest absolute Gasteiger partial charge is 0.253 e. The molecule has 5 heteroatoms. The van der Waals surface area contributed by atoms with Crippen molar-refractivity contribution in [2.24, 2.45) is 5.92 Å². The minimum Gasteiger partial charge on any atom is -0.299 e. The zero-order valence-corrected chi connectivity index (χ0v) is 12.7. The quantitative estimate of drug-likeness (QED) is 0.885. The van der Waals surface area contributed by atoms with Gasteiger partial charge < -0.3 is 0 Å². The maximum absolute atomic E-state index is 12.6. The molecule has 0 aliphatic carbocycles. The fourth-order valence-electron chi connectivity index (χ4n) is 2.71. The highest BCUT2D eigenvalue weighted by molar-refractivity contribution is 6.30. The summed E-state index contributed by atoms with van der Waals surface area (Å²) in [4.78, 5) is 24.6. The summed E-state index contributed by atoms with van der Waals surface area (Å²) in [6.07, 6.45) is 0. The van der Waals surface area contributed by atoms with Crippen LogP contribution in [0.1, 0.15) is 18.5 Å². The summed E-state index contributed by atoms with van der Waals surface area (Å²) in [5, 5.41) is 2.02. The van der Waals surface area contributed by atoms with Crippen LogP contribution in [0.5, 0.6) is 0 Å². The normalized spacial score (nSPS) is 21.2. The minimum atomic E-state index is -0.751. The Hall–Kier alpha value is -2.17. The fraction of sp³-hybridized carbons (Fsp3) is 0.176. The molecule has 1 N–H and O–H groups in total. The molecule has 1 aliphatic heterocycles. The molecule has 1 saturated heterocycles. The topological polar surface area (TPSA) is 49.4 Å². The largest absolute Gasteiger partial charge is 0.299 e. The molecule has 22 heavy (non-hydrogen) atoms. The van der Waals surface area contributed by atoms with Crippen LogP contribution in [0.4, 0.5) is 5.69 Å². The first-order chi connectivity index (χ1) is 10.6. The lowest BCUT2D eigenvalue weighted by Crippen LogP contribution is -2.35. The number of Topliss-reactive ketones (excluding diaryl/α,β-unsaturated/α-hetero) is 1. The van der Waals surface area contributed by atoms with E-state index in [1.54, 1.807) is 12.1 Å². The molecule has 4 nitrogen and oxygen atoms in total. The summed E-state index contributed by atoms with van der Waals surface area (Å²) in [7, 11) is 0. The van der Waals surface area contributed by atoms with Gasteiger partial charge in [0.25, 0.3) is 5.91 Å². The molecular weight excluding hydrogens is 300 g/mol. The van der Waals surface area contributed by atoms with Gasteiger partial charge in [-0.25, -0.2) is 10.4 Å². The second-order valence-electron chi connectivity index (χ2n) is 5.26. The Kier molecular flexibility index (Phi) is 3.96. The molecule has 0 spiro atoms. The third-order valence-electron chi connectivity index (χ3n) is 3.75. The van der Waals surface area contributed by atoms with Gasteiger partial charge >= 0.3 is 0 Å². The van der Waals surface area contributed by atoms with E-state index in [2.05, 4.69) is 5.43 Å². The minimum absolute atomic E-state index is 0.166. The number of ketones is 1. The summed E-state index contributed by atoms with van der Waals surface area (Å²) in [6.45, 7) is 1.44. The van der Waals surface area contributed by atoms with Gasteiger partial charge in [0, 0.05) is 5.02 Å². The number of hydrogen-bond donors (Lipinski definition) is 1. The first-order valence-corrected chi connectivity index (χ1v) is 7.37. The lowest BCUT2D eigenvalue weighted by Gasteiger charge is -2.18. The van der Waals surface area contributed by atoms with Crippen molar-refractivity contribution in [3.8, 4) is 0 Å². The van der Waals surface area contributed by atoms with Gasteiger partial charge in [-0.05, 0) is 36.8 Å². The molecule has 1 heterocycles. The molecule has 0 saturated carbocycles. The van der Waals surface area contributed by atoms with E-state index >= 15 is 0 Å². The summed E-state index contributed by atoms with van der Waals surface area (Å²) < 4.78 is 0. The molecule has 2 atom stereocenters. The summed E-state index contributed by atoms with van der Waals surface area (Å²) >= 11 is 6.03.